The van der Waals surface area contributed by atoms with Gasteiger partial charge in [0, 0.05) is 35.5 Å². The summed E-state index contributed by atoms with van der Waals surface area (Å²) in [4.78, 5) is 2.56. The molecule has 3 aliphatic carbocycles. The van der Waals surface area contributed by atoms with Crippen LogP contribution in [0.3, 0.4) is 0 Å². The molecule has 36 heavy (non-hydrogen) atoms. The van der Waals surface area contributed by atoms with Gasteiger partial charge in [0.2, 0.25) is 0 Å². The Bertz CT molecular complexity index is 1500. The summed E-state index contributed by atoms with van der Waals surface area (Å²) in [6, 6.07) is 12.0. The van der Waals surface area contributed by atoms with Gasteiger partial charge in [0.05, 0.1) is 17.3 Å². The fourth-order valence-corrected chi connectivity index (χ4v) is 7.42. The van der Waals surface area contributed by atoms with Gasteiger partial charge < -0.3 is 19.4 Å². The van der Waals surface area contributed by atoms with Crippen molar-refractivity contribution in [3.05, 3.63) is 58.8 Å². The lowest BCUT2D eigenvalue weighted by molar-refractivity contribution is -0.175. The Morgan fingerprint density at radius 1 is 1.17 bits per heavy atom. The number of phenols is 1. The van der Waals surface area contributed by atoms with E-state index in [1.807, 2.05) is 24.3 Å². The van der Waals surface area contributed by atoms with Crippen molar-refractivity contribution in [3.8, 4) is 11.5 Å². The first-order valence-electron chi connectivity index (χ1n) is 12.5. The minimum Gasteiger partial charge on any atom is -0.504 e. The molecule has 2 aromatic carbocycles. The van der Waals surface area contributed by atoms with Gasteiger partial charge in [0.25, 0.3) is 10.1 Å². The summed E-state index contributed by atoms with van der Waals surface area (Å²) in [5.74, 6) is 2.34. The predicted molar refractivity (Wildman–Crippen MR) is 132 cm³/mol. The molecule has 0 radical (unpaired) electrons. The number of phenolic OH excluding ortho intramolecular Hbond substituents is 1. The molecular weight excluding hydrogens is 482 g/mol. The minimum atomic E-state index is -3.67. The van der Waals surface area contributed by atoms with Gasteiger partial charge in [-0.2, -0.15) is 8.42 Å². The lowest BCUT2D eigenvalue weighted by Crippen LogP contribution is -2.74. The fraction of sp³-hybridized carbons (Fsp3) is 0.481. The molecule has 2 bridgehead atoms. The molecule has 2 fully saturated rings. The van der Waals surface area contributed by atoms with Crippen molar-refractivity contribution in [2.24, 2.45) is 5.92 Å². The van der Waals surface area contributed by atoms with Crippen LogP contribution < -0.4 is 4.74 Å². The SMILES string of the molecule is CS(=O)(=O)O.Oc1ccc2c3c1O[C@H]1c4oc5ccccc5c4C[C@@]4(O)C(C2)N(CC2CC2)CC[C@]314. The van der Waals surface area contributed by atoms with Gasteiger partial charge in [-0.25, -0.2) is 0 Å². The first kappa shape index (κ1) is 22.6. The average molecular weight is 512 g/mol. The van der Waals surface area contributed by atoms with Gasteiger partial charge in [0.15, 0.2) is 17.6 Å². The van der Waals surface area contributed by atoms with Crippen molar-refractivity contribution in [2.45, 2.75) is 55.3 Å². The smallest absolute Gasteiger partial charge is 0.261 e. The first-order chi connectivity index (χ1) is 17.1. The molecule has 1 aromatic heterocycles. The second-order valence-corrected chi connectivity index (χ2v) is 12.6. The molecule has 0 amide bonds. The molecular formula is C27H29NO7S. The van der Waals surface area contributed by atoms with Crippen LogP contribution in [0.4, 0.5) is 0 Å². The van der Waals surface area contributed by atoms with Gasteiger partial charge in [-0.05, 0) is 55.8 Å². The summed E-state index contributed by atoms with van der Waals surface area (Å²) in [6.45, 7) is 2.03. The van der Waals surface area contributed by atoms with Gasteiger partial charge in [-0.1, -0.05) is 24.3 Å². The second kappa shape index (κ2) is 7.25. The summed E-state index contributed by atoms with van der Waals surface area (Å²) in [5, 5.41) is 24.5. The fourth-order valence-electron chi connectivity index (χ4n) is 7.42. The summed E-state index contributed by atoms with van der Waals surface area (Å²) in [7, 11) is -3.67. The van der Waals surface area contributed by atoms with Crippen LogP contribution in [0.1, 0.15) is 47.8 Å². The number of likely N-dealkylation sites (tertiary alicyclic amines) is 1. The third kappa shape index (κ3) is 3.00. The number of para-hydroxylation sites is 1. The lowest BCUT2D eigenvalue weighted by Gasteiger charge is -2.62. The largest absolute Gasteiger partial charge is 0.504 e. The highest BCUT2D eigenvalue weighted by Gasteiger charge is 2.73. The number of nitrogens with zero attached hydrogens (tertiary/aromatic N) is 1. The standard InChI is InChI=1S/C26H25NO4.CH4O3S/c28-18-8-7-15-11-20-26(29)12-17-16-3-1-2-4-19(16)30-22(17)24-25(26,21(15)23(18)31-24)9-10-27(20)13-14-5-6-14;1-5(2,3)4/h1-4,7-8,14,20,24,28-29H,5-6,9-13H2;1H3,(H,2,3,4)/t20?,24-,25-,26+;/m0./s1. The Labute approximate surface area is 209 Å². The van der Waals surface area contributed by atoms with Gasteiger partial charge in [-0.15, -0.1) is 0 Å². The molecule has 1 spiro atoms. The maximum absolute atomic E-state index is 12.7. The zero-order chi connectivity index (χ0) is 25.0. The van der Waals surface area contributed by atoms with E-state index in [1.165, 1.54) is 18.4 Å². The van der Waals surface area contributed by atoms with E-state index in [1.54, 1.807) is 6.07 Å². The summed E-state index contributed by atoms with van der Waals surface area (Å²) >= 11 is 0. The van der Waals surface area contributed by atoms with E-state index >= 15 is 0 Å². The zero-order valence-electron chi connectivity index (χ0n) is 20.0. The van der Waals surface area contributed by atoms with Crippen LogP contribution in [0.5, 0.6) is 11.5 Å². The molecule has 9 heteroatoms. The molecule has 1 saturated heterocycles. The summed E-state index contributed by atoms with van der Waals surface area (Å²) < 4.78 is 38.8. The van der Waals surface area contributed by atoms with E-state index < -0.39 is 27.2 Å². The number of furan rings is 1. The Morgan fingerprint density at radius 2 is 1.92 bits per heavy atom. The Morgan fingerprint density at radius 3 is 2.67 bits per heavy atom. The van der Waals surface area contributed by atoms with Crippen LogP contribution >= 0.6 is 0 Å². The van der Waals surface area contributed by atoms with Crippen molar-refractivity contribution in [1.82, 2.24) is 4.90 Å². The zero-order valence-corrected chi connectivity index (χ0v) is 20.8. The Hall–Kier alpha value is -2.59. The number of fused-ring (bicyclic) bond motifs is 4. The topological polar surface area (TPSA) is 120 Å². The highest BCUT2D eigenvalue weighted by molar-refractivity contribution is 7.85. The predicted octanol–water partition coefficient (Wildman–Crippen LogP) is 3.34. The number of aromatic hydroxyl groups is 1. The van der Waals surface area contributed by atoms with Gasteiger partial charge in [0.1, 0.15) is 11.3 Å². The second-order valence-electron chi connectivity index (χ2n) is 11.1. The van der Waals surface area contributed by atoms with Crippen LogP contribution in [-0.2, 0) is 28.4 Å². The van der Waals surface area contributed by atoms with E-state index in [2.05, 4.69) is 11.0 Å². The molecule has 1 saturated carbocycles. The van der Waals surface area contributed by atoms with E-state index in [0.717, 1.165) is 59.7 Å². The number of hydrogen-bond donors (Lipinski definition) is 3. The molecule has 5 aliphatic rings. The molecule has 8 rings (SSSR count). The Balaban J connectivity index is 0.000000406. The molecule has 8 nitrogen and oxygen atoms in total. The van der Waals surface area contributed by atoms with E-state index in [0.29, 0.717) is 18.4 Å². The third-order valence-electron chi connectivity index (χ3n) is 8.93. The lowest BCUT2D eigenvalue weighted by atomic mass is 9.49. The first-order valence-corrected chi connectivity index (χ1v) is 14.4. The maximum Gasteiger partial charge on any atom is 0.261 e. The van der Waals surface area contributed by atoms with Gasteiger partial charge in [-0.3, -0.25) is 9.45 Å². The highest BCUT2D eigenvalue weighted by Crippen LogP contribution is 2.69. The van der Waals surface area contributed by atoms with Crippen molar-refractivity contribution >= 4 is 21.1 Å². The van der Waals surface area contributed by atoms with Crippen LogP contribution in [0, 0.1) is 5.92 Å². The monoisotopic (exact) mass is 511 g/mol. The van der Waals surface area contributed by atoms with E-state index in [-0.39, 0.29) is 11.8 Å². The van der Waals surface area contributed by atoms with E-state index in [9.17, 15) is 18.6 Å². The van der Waals surface area contributed by atoms with Crippen molar-refractivity contribution in [2.75, 3.05) is 19.3 Å². The molecule has 190 valence electrons. The molecule has 3 heterocycles. The Kier molecular flexibility index (Phi) is 4.55. The molecule has 4 atom stereocenters. The number of piperidine rings is 1. The van der Waals surface area contributed by atoms with E-state index in [4.69, 9.17) is 13.7 Å². The molecule has 3 aromatic rings. The summed E-state index contributed by atoms with van der Waals surface area (Å²) in [5.41, 5.74) is 2.65. The van der Waals surface area contributed by atoms with Crippen LogP contribution in [0.15, 0.2) is 40.8 Å². The minimum absolute atomic E-state index is 0.0535. The van der Waals surface area contributed by atoms with Gasteiger partial charge >= 0.3 is 0 Å². The van der Waals surface area contributed by atoms with Crippen molar-refractivity contribution in [3.63, 3.8) is 0 Å². The normalized spacial score (nSPS) is 31.8. The number of rotatable bonds is 2. The molecule has 3 N–H and O–H groups in total. The molecule has 1 unspecified atom stereocenters. The number of hydrogen-bond acceptors (Lipinski definition) is 7. The summed E-state index contributed by atoms with van der Waals surface area (Å²) in [6.07, 6.45) is 5.12. The van der Waals surface area contributed by atoms with Crippen LogP contribution in [0.2, 0.25) is 0 Å². The van der Waals surface area contributed by atoms with Crippen molar-refractivity contribution < 1.29 is 32.3 Å². The maximum atomic E-state index is 12.7. The van der Waals surface area contributed by atoms with Crippen molar-refractivity contribution in [1.29, 1.82) is 0 Å². The quantitative estimate of drug-likeness (QED) is 0.448. The molecule has 2 aliphatic heterocycles. The highest BCUT2D eigenvalue weighted by atomic mass is 32.2. The van der Waals surface area contributed by atoms with Crippen LogP contribution in [-0.4, -0.2) is 59.1 Å². The average Bonchev–Trinajstić information content (AvgIpc) is 3.44. The van der Waals surface area contributed by atoms with Crippen LogP contribution in [0.25, 0.3) is 11.0 Å². The number of aliphatic hydroxyl groups is 1. The number of benzene rings is 2. The third-order valence-corrected chi connectivity index (χ3v) is 8.93. The number of ether oxygens (including phenoxy) is 1.